The van der Waals surface area contributed by atoms with Gasteiger partial charge in [0.1, 0.15) is 12.0 Å². The fraction of sp³-hybridized carbons (Fsp3) is 0.727. The van der Waals surface area contributed by atoms with Crippen LogP contribution >= 0.6 is 11.6 Å². The summed E-state index contributed by atoms with van der Waals surface area (Å²) in [6, 6.07) is 0. The number of halogens is 1. The zero-order valence-corrected chi connectivity index (χ0v) is 17.6. The number of ether oxygens (including phenoxy) is 2. The van der Waals surface area contributed by atoms with E-state index in [4.69, 9.17) is 21.1 Å². The molecule has 0 aliphatic heterocycles. The van der Waals surface area contributed by atoms with Gasteiger partial charge in [0.05, 0.1) is 6.61 Å². The summed E-state index contributed by atoms with van der Waals surface area (Å²) in [6.07, 6.45) is 6.22. The van der Waals surface area contributed by atoms with Gasteiger partial charge < -0.3 is 9.47 Å². The molecule has 152 valence electrons. The van der Waals surface area contributed by atoms with E-state index in [-0.39, 0.29) is 34.7 Å². The van der Waals surface area contributed by atoms with Crippen molar-refractivity contribution < 1.29 is 19.1 Å². The van der Waals surface area contributed by atoms with Crippen molar-refractivity contribution in [2.75, 3.05) is 12.5 Å². The molecule has 6 atom stereocenters. The number of fused-ring (bicyclic) bond motifs is 2. The van der Waals surface area contributed by atoms with Gasteiger partial charge in [-0.1, -0.05) is 45.6 Å². The Morgan fingerprint density at radius 1 is 1.37 bits per heavy atom. The predicted octanol–water partition coefficient (Wildman–Crippen LogP) is 4.91. The van der Waals surface area contributed by atoms with Crippen LogP contribution in [0.1, 0.15) is 52.9 Å². The molecule has 0 heterocycles. The van der Waals surface area contributed by atoms with E-state index in [0.29, 0.717) is 24.9 Å². The summed E-state index contributed by atoms with van der Waals surface area (Å²) in [4.78, 5) is 22.8. The van der Waals surface area contributed by atoms with E-state index in [1.807, 2.05) is 6.08 Å². The van der Waals surface area contributed by atoms with Gasteiger partial charge in [0.15, 0.2) is 0 Å². The van der Waals surface area contributed by atoms with Crippen LogP contribution in [-0.2, 0) is 19.1 Å². The summed E-state index contributed by atoms with van der Waals surface area (Å²) in [7, 11) is 0. The number of rotatable bonds is 8. The summed E-state index contributed by atoms with van der Waals surface area (Å²) < 4.78 is 11.0. The molecule has 2 rings (SSSR count). The smallest absolute Gasteiger partial charge is 0.321 e. The topological polar surface area (TPSA) is 52.6 Å². The summed E-state index contributed by atoms with van der Waals surface area (Å²) in [5.41, 5.74) is 0.850. The Kier molecular flexibility index (Phi) is 7.18. The first kappa shape index (κ1) is 22.0. The lowest BCUT2D eigenvalue weighted by Crippen LogP contribution is -2.48. The minimum atomic E-state index is -0.368. The van der Waals surface area contributed by atoms with Gasteiger partial charge in [-0.25, -0.2) is 0 Å². The van der Waals surface area contributed by atoms with Gasteiger partial charge >= 0.3 is 5.97 Å². The number of esters is 1. The summed E-state index contributed by atoms with van der Waals surface area (Å²) >= 11 is 5.74. The van der Waals surface area contributed by atoms with Crippen LogP contribution in [0.2, 0.25) is 0 Å². The Morgan fingerprint density at radius 3 is 2.67 bits per heavy atom. The van der Waals surface area contributed by atoms with Gasteiger partial charge in [-0.2, -0.15) is 0 Å². The minimum absolute atomic E-state index is 0.0169. The molecule has 0 aromatic heterocycles. The van der Waals surface area contributed by atoms with Crippen molar-refractivity contribution >= 4 is 24.0 Å². The molecule has 0 amide bonds. The van der Waals surface area contributed by atoms with Gasteiger partial charge in [0.2, 0.25) is 0 Å². The first-order chi connectivity index (χ1) is 12.7. The molecule has 2 aliphatic rings. The highest BCUT2D eigenvalue weighted by Gasteiger charge is 2.57. The molecule has 0 spiro atoms. The fourth-order valence-electron chi connectivity index (χ4n) is 5.55. The number of carbonyl (C=O) groups is 2. The quantitative estimate of drug-likeness (QED) is 0.192. The van der Waals surface area contributed by atoms with Crippen molar-refractivity contribution in [3.63, 3.8) is 0 Å². The Balaban J connectivity index is 2.47. The van der Waals surface area contributed by atoms with Gasteiger partial charge in [-0.05, 0) is 55.3 Å². The van der Waals surface area contributed by atoms with Crippen LogP contribution in [0, 0.1) is 28.6 Å². The largest absolute Gasteiger partial charge is 0.468 e. The van der Waals surface area contributed by atoms with Crippen molar-refractivity contribution in [1.29, 1.82) is 0 Å². The van der Waals surface area contributed by atoms with Gasteiger partial charge in [-0.15, -0.1) is 11.6 Å². The maximum absolute atomic E-state index is 12.1. The van der Waals surface area contributed by atoms with E-state index in [1.54, 1.807) is 0 Å². The van der Waals surface area contributed by atoms with Crippen molar-refractivity contribution in [1.82, 2.24) is 0 Å². The molecule has 0 aromatic rings. The fourth-order valence-corrected chi connectivity index (χ4v) is 5.62. The Morgan fingerprint density at radius 2 is 2.07 bits per heavy atom. The second-order valence-electron chi connectivity index (χ2n) is 8.72. The molecule has 4 nitrogen and oxygen atoms in total. The average molecular weight is 397 g/mol. The molecular weight excluding hydrogens is 364 g/mol. The molecule has 0 saturated heterocycles. The number of allylic oxidation sites excluding steroid dienone is 2. The van der Waals surface area contributed by atoms with E-state index in [0.717, 1.165) is 37.7 Å². The molecule has 5 heteroatoms. The number of carbonyl (C=O) groups excluding carboxylic acids is 2. The van der Waals surface area contributed by atoms with E-state index in [1.165, 1.54) is 0 Å². The molecule has 2 bridgehead atoms. The zero-order chi connectivity index (χ0) is 20.2. The molecule has 2 unspecified atom stereocenters. The highest BCUT2D eigenvalue weighted by Crippen LogP contribution is 2.62. The molecule has 2 aliphatic carbocycles. The third kappa shape index (κ3) is 4.26. The number of hydrogen-bond acceptors (Lipinski definition) is 4. The molecule has 0 N–H and O–H groups in total. The number of alkyl halides is 1. The van der Waals surface area contributed by atoms with Gasteiger partial charge in [0, 0.05) is 5.41 Å². The van der Waals surface area contributed by atoms with Crippen molar-refractivity contribution in [3.8, 4) is 0 Å². The molecule has 27 heavy (non-hydrogen) atoms. The standard InChI is InChI=1S/C22H33ClO4/c1-6-15(2)18-11-19(27-20(25)12-23)21(5)13-22(17(18)4,8-7-16(21)3)9-10-26-14-24/h6,14,16-19H,1-2,7-13H2,3-5H3/t16?,17-,18-,19+,21-,22?/m0/s1. The Bertz CT molecular complexity index is 589. The molecule has 2 fully saturated rings. The maximum atomic E-state index is 12.1. The monoisotopic (exact) mass is 396 g/mol. The average Bonchev–Trinajstić information content (AvgIpc) is 2.73. The van der Waals surface area contributed by atoms with Gasteiger partial charge in [0.25, 0.3) is 6.47 Å². The molecule has 0 aromatic carbocycles. The molecular formula is C22H33ClO4. The lowest BCUT2D eigenvalue weighted by Gasteiger charge is -2.52. The SMILES string of the molecule is C=CC(=C)[C@@H]1C[C@@H](OC(=O)CCl)[C@@]2(C)CC(CCOC=O)(CCC2C)[C@H]1C. The second-order valence-corrected chi connectivity index (χ2v) is 8.99. The van der Waals surface area contributed by atoms with Gasteiger partial charge in [-0.3, -0.25) is 9.59 Å². The zero-order valence-electron chi connectivity index (χ0n) is 16.8. The summed E-state index contributed by atoms with van der Waals surface area (Å²) in [5, 5.41) is 0. The Hall–Kier alpha value is -1.29. The van der Waals surface area contributed by atoms with Crippen molar-refractivity contribution in [2.45, 2.75) is 59.0 Å². The molecule has 0 radical (unpaired) electrons. The minimum Gasteiger partial charge on any atom is -0.468 e. The predicted molar refractivity (Wildman–Crippen MR) is 107 cm³/mol. The van der Waals surface area contributed by atoms with Crippen LogP contribution in [0.3, 0.4) is 0 Å². The summed E-state index contributed by atoms with van der Waals surface area (Å²) in [5.74, 6) is 0.410. The van der Waals surface area contributed by atoms with Crippen LogP contribution < -0.4 is 0 Å². The van der Waals surface area contributed by atoms with Crippen LogP contribution in [0.25, 0.3) is 0 Å². The number of hydrogen-bond donors (Lipinski definition) is 0. The highest BCUT2D eigenvalue weighted by molar-refractivity contribution is 6.26. The van der Waals surface area contributed by atoms with Crippen LogP contribution in [0.5, 0.6) is 0 Å². The third-order valence-corrected chi connectivity index (χ3v) is 7.83. The van der Waals surface area contributed by atoms with Crippen molar-refractivity contribution in [2.24, 2.45) is 28.6 Å². The third-order valence-electron chi connectivity index (χ3n) is 7.61. The van der Waals surface area contributed by atoms with Crippen LogP contribution in [0.15, 0.2) is 24.8 Å². The lowest BCUT2D eigenvalue weighted by atomic mass is 9.53. The molecule has 2 saturated carbocycles. The van der Waals surface area contributed by atoms with Crippen molar-refractivity contribution in [3.05, 3.63) is 24.8 Å². The van der Waals surface area contributed by atoms with Crippen LogP contribution in [-0.4, -0.2) is 31.0 Å². The van der Waals surface area contributed by atoms with E-state index < -0.39 is 0 Å². The summed E-state index contributed by atoms with van der Waals surface area (Å²) in [6.45, 7) is 15.8. The maximum Gasteiger partial charge on any atom is 0.321 e. The first-order valence-electron chi connectivity index (χ1n) is 9.86. The first-order valence-corrected chi connectivity index (χ1v) is 10.4. The Labute approximate surface area is 168 Å². The van der Waals surface area contributed by atoms with E-state index in [9.17, 15) is 9.59 Å². The van der Waals surface area contributed by atoms with Crippen LogP contribution in [0.4, 0.5) is 0 Å². The lowest BCUT2D eigenvalue weighted by molar-refractivity contribution is -0.161. The normalized spacial score (nSPS) is 38.4. The van der Waals surface area contributed by atoms with E-state index >= 15 is 0 Å². The highest BCUT2D eigenvalue weighted by atomic mass is 35.5. The second kappa shape index (κ2) is 8.81. The van der Waals surface area contributed by atoms with E-state index in [2.05, 4.69) is 33.9 Å².